The summed E-state index contributed by atoms with van der Waals surface area (Å²) in [5.74, 6) is -2.52. The van der Waals surface area contributed by atoms with Crippen LogP contribution in [0.5, 0.6) is 0 Å². The smallest absolute Gasteiger partial charge is 0.326 e. The molecular formula is C13H15NO5. The average Bonchev–Trinajstić information content (AvgIpc) is 2.37. The minimum Gasteiger partial charge on any atom is -0.480 e. The number of benzene rings is 1. The number of carbonyl (C=O) groups excluding carboxylic acids is 2. The predicted octanol–water partition coefficient (Wildman–Crippen LogP) is 0.268. The molecule has 6 heteroatoms. The molecule has 1 aromatic carbocycles. The number of carboxylic acids is 1. The van der Waals surface area contributed by atoms with Gasteiger partial charge in [0.25, 0.3) is 5.91 Å². The Bertz CT molecular complexity index is 471. The molecule has 0 radical (unpaired) electrons. The van der Waals surface area contributed by atoms with Gasteiger partial charge in [0.05, 0.1) is 0 Å². The van der Waals surface area contributed by atoms with E-state index in [-0.39, 0.29) is 12.2 Å². The highest BCUT2D eigenvalue weighted by Crippen LogP contribution is 2.12. The van der Waals surface area contributed by atoms with E-state index in [2.05, 4.69) is 5.32 Å². The molecule has 0 aromatic heterocycles. The summed E-state index contributed by atoms with van der Waals surface area (Å²) in [5.41, 5.74) is 0.354. The summed E-state index contributed by atoms with van der Waals surface area (Å²) in [4.78, 5) is 33.5. The fraction of sp³-hybridized carbons (Fsp3) is 0.308. The first kappa shape index (κ1) is 14.8. The molecular weight excluding hydrogens is 250 g/mol. The average molecular weight is 265 g/mol. The molecule has 0 heterocycles. The minimum atomic E-state index is -1.46. The number of hydrogen-bond donors (Lipinski definition) is 3. The molecule has 2 atom stereocenters. The van der Waals surface area contributed by atoms with E-state index < -0.39 is 24.0 Å². The van der Waals surface area contributed by atoms with Crippen LogP contribution in [0.4, 0.5) is 0 Å². The molecule has 0 saturated heterocycles. The molecule has 1 amide bonds. The van der Waals surface area contributed by atoms with Gasteiger partial charge in [-0.25, -0.2) is 4.79 Å². The van der Waals surface area contributed by atoms with Crippen LogP contribution in [0.1, 0.15) is 25.0 Å². The first-order chi connectivity index (χ1) is 8.91. The quantitative estimate of drug-likeness (QED) is 0.685. The van der Waals surface area contributed by atoms with Crippen LogP contribution in [-0.2, 0) is 14.4 Å². The van der Waals surface area contributed by atoms with Gasteiger partial charge in [0.15, 0.2) is 6.10 Å². The van der Waals surface area contributed by atoms with Gasteiger partial charge in [0.1, 0.15) is 11.8 Å². The summed E-state index contributed by atoms with van der Waals surface area (Å²) < 4.78 is 0. The second-order valence-electron chi connectivity index (χ2n) is 4.12. The van der Waals surface area contributed by atoms with Gasteiger partial charge in [-0.15, -0.1) is 0 Å². The third-order valence-corrected chi connectivity index (χ3v) is 2.47. The fourth-order valence-electron chi connectivity index (χ4n) is 1.52. The van der Waals surface area contributed by atoms with E-state index in [4.69, 9.17) is 5.11 Å². The Hall–Kier alpha value is -2.21. The van der Waals surface area contributed by atoms with Crippen molar-refractivity contribution >= 4 is 17.7 Å². The van der Waals surface area contributed by atoms with Crippen LogP contribution in [0.2, 0.25) is 0 Å². The van der Waals surface area contributed by atoms with Crippen LogP contribution in [0.3, 0.4) is 0 Å². The highest BCUT2D eigenvalue weighted by atomic mass is 16.4. The number of amides is 1. The summed E-state index contributed by atoms with van der Waals surface area (Å²) in [6.45, 7) is 1.23. The third-order valence-electron chi connectivity index (χ3n) is 2.47. The molecule has 3 N–H and O–H groups in total. The number of rotatable bonds is 6. The summed E-state index contributed by atoms with van der Waals surface area (Å²) in [6.07, 6.45) is -1.78. The second kappa shape index (κ2) is 6.65. The van der Waals surface area contributed by atoms with E-state index in [1.807, 2.05) is 0 Å². The Balaban J connectivity index is 2.72. The zero-order valence-electron chi connectivity index (χ0n) is 10.4. The lowest BCUT2D eigenvalue weighted by Crippen LogP contribution is -2.44. The number of aliphatic carboxylic acids is 1. The Kier molecular flexibility index (Phi) is 5.20. The maximum atomic E-state index is 11.7. The molecule has 0 saturated carbocycles. The van der Waals surface area contributed by atoms with Crippen molar-refractivity contribution in [2.45, 2.75) is 25.5 Å². The van der Waals surface area contributed by atoms with Gasteiger partial charge in [0.2, 0.25) is 0 Å². The minimum absolute atomic E-state index is 0.317. The highest BCUT2D eigenvalue weighted by molar-refractivity contribution is 5.90. The summed E-state index contributed by atoms with van der Waals surface area (Å²) in [6, 6.07) is 6.79. The summed E-state index contributed by atoms with van der Waals surface area (Å²) >= 11 is 0. The van der Waals surface area contributed by atoms with Gasteiger partial charge < -0.3 is 15.5 Å². The van der Waals surface area contributed by atoms with E-state index in [0.29, 0.717) is 5.56 Å². The Labute approximate surface area is 110 Å². The second-order valence-corrected chi connectivity index (χ2v) is 4.12. The Morgan fingerprint density at radius 1 is 1.21 bits per heavy atom. The van der Waals surface area contributed by atoms with Gasteiger partial charge in [-0.3, -0.25) is 9.59 Å². The maximum Gasteiger partial charge on any atom is 0.326 e. The number of ketones is 1. The zero-order chi connectivity index (χ0) is 14.4. The van der Waals surface area contributed by atoms with Gasteiger partial charge in [0, 0.05) is 6.42 Å². The molecule has 0 aliphatic heterocycles. The summed E-state index contributed by atoms with van der Waals surface area (Å²) in [7, 11) is 0. The van der Waals surface area contributed by atoms with Gasteiger partial charge in [-0.1, -0.05) is 30.3 Å². The number of carbonyl (C=O) groups is 3. The molecule has 0 unspecified atom stereocenters. The molecule has 19 heavy (non-hydrogen) atoms. The van der Waals surface area contributed by atoms with E-state index in [1.54, 1.807) is 30.3 Å². The lowest BCUT2D eigenvalue weighted by Gasteiger charge is -2.16. The van der Waals surface area contributed by atoms with Crippen molar-refractivity contribution in [2.24, 2.45) is 0 Å². The Morgan fingerprint density at radius 3 is 2.26 bits per heavy atom. The van der Waals surface area contributed by atoms with Crippen molar-refractivity contribution in [2.75, 3.05) is 0 Å². The molecule has 1 aromatic rings. The lowest BCUT2D eigenvalue weighted by molar-refractivity contribution is -0.144. The van der Waals surface area contributed by atoms with Crippen molar-refractivity contribution in [3.63, 3.8) is 0 Å². The van der Waals surface area contributed by atoms with Gasteiger partial charge in [-0.05, 0) is 12.5 Å². The van der Waals surface area contributed by atoms with E-state index in [1.165, 1.54) is 6.92 Å². The first-order valence-corrected chi connectivity index (χ1v) is 5.67. The zero-order valence-corrected chi connectivity index (χ0v) is 10.4. The molecule has 102 valence electrons. The molecule has 0 bridgehead atoms. The first-order valence-electron chi connectivity index (χ1n) is 5.67. The standard InChI is InChI=1S/C13H15NO5/c1-8(15)7-10(13(18)19)14-12(17)11(16)9-5-3-2-4-6-9/h2-6,10-11,16H,7H2,1H3,(H,14,17)(H,18,19)/t10-,11-/m0/s1. The molecule has 0 spiro atoms. The van der Waals surface area contributed by atoms with Crippen molar-refractivity contribution in [3.8, 4) is 0 Å². The Morgan fingerprint density at radius 2 is 1.79 bits per heavy atom. The van der Waals surface area contributed by atoms with Crippen molar-refractivity contribution in [3.05, 3.63) is 35.9 Å². The van der Waals surface area contributed by atoms with Gasteiger partial charge >= 0.3 is 5.97 Å². The maximum absolute atomic E-state index is 11.7. The molecule has 0 aliphatic rings. The van der Waals surface area contributed by atoms with Crippen molar-refractivity contribution in [1.82, 2.24) is 5.32 Å². The number of hydrogen-bond acceptors (Lipinski definition) is 4. The topological polar surface area (TPSA) is 104 Å². The molecule has 1 rings (SSSR count). The van der Waals surface area contributed by atoms with Crippen LogP contribution in [0.25, 0.3) is 0 Å². The monoisotopic (exact) mass is 265 g/mol. The molecule has 0 fully saturated rings. The van der Waals surface area contributed by atoms with E-state index in [0.717, 1.165) is 0 Å². The number of carboxylic acid groups (broad SMARTS) is 1. The fourth-order valence-corrected chi connectivity index (χ4v) is 1.52. The number of aliphatic hydroxyl groups is 1. The SMILES string of the molecule is CC(=O)C[C@H](NC(=O)[C@@H](O)c1ccccc1)C(=O)O. The predicted molar refractivity (Wildman–Crippen MR) is 66.3 cm³/mol. The van der Waals surface area contributed by atoms with Crippen LogP contribution < -0.4 is 5.32 Å². The number of Topliss-reactive ketones (excluding diaryl/α,β-unsaturated/α-hetero) is 1. The van der Waals surface area contributed by atoms with Crippen LogP contribution in [0.15, 0.2) is 30.3 Å². The summed E-state index contributed by atoms with van der Waals surface area (Å²) in [5, 5.41) is 20.8. The van der Waals surface area contributed by atoms with E-state index >= 15 is 0 Å². The van der Waals surface area contributed by atoms with Gasteiger partial charge in [-0.2, -0.15) is 0 Å². The molecule has 6 nitrogen and oxygen atoms in total. The largest absolute Gasteiger partial charge is 0.480 e. The molecule has 0 aliphatic carbocycles. The van der Waals surface area contributed by atoms with Crippen molar-refractivity contribution < 1.29 is 24.6 Å². The number of nitrogens with one attached hydrogen (secondary N) is 1. The lowest BCUT2D eigenvalue weighted by atomic mass is 10.1. The van der Waals surface area contributed by atoms with E-state index in [9.17, 15) is 19.5 Å². The van der Waals surface area contributed by atoms with Crippen LogP contribution in [0, 0.1) is 0 Å². The highest BCUT2D eigenvalue weighted by Gasteiger charge is 2.25. The normalized spacial score (nSPS) is 13.4. The van der Waals surface area contributed by atoms with Crippen LogP contribution in [-0.4, -0.2) is 33.9 Å². The third kappa shape index (κ3) is 4.51. The number of aliphatic hydroxyl groups excluding tert-OH is 1. The van der Waals surface area contributed by atoms with Crippen molar-refractivity contribution in [1.29, 1.82) is 0 Å². The van der Waals surface area contributed by atoms with Crippen LogP contribution >= 0.6 is 0 Å².